The van der Waals surface area contributed by atoms with Crippen LogP contribution in [0.3, 0.4) is 0 Å². The van der Waals surface area contributed by atoms with Gasteiger partial charge in [0.15, 0.2) is 0 Å². The summed E-state index contributed by atoms with van der Waals surface area (Å²) >= 11 is 0. The third kappa shape index (κ3) is 3.94. The molecule has 100 valence electrons. The second kappa shape index (κ2) is 6.67. The highest BCUT2D eigenvalue weighted by atomic mass is 16.5. The average molecular weight is 247 g/mol. The van der Waals surface area contributed by atoms with Gasteiger partial charge in [0.05, 0.1) is 6.10 Å². The van der Waals surface area contributed by atoms with E-state index < -0.39 is 0 Å². The van der Waals surface area contributed by atoms with Crippen LogP contribution < -0.4 is 10.1 Å². The molecule has 1 atom stereocenters. The number of ether oxygens (including phenoxy) is 1. The van der Waals surface area contributed by atoms with Crippen molar-refractivity contribution in [2.45, 2.75) is 52.1 Å². The van der Waals surface area contributed by atoms with E-state index in [-0.39, 0.29) is 0 Å². The zero-order valence-corrected chi connectivity index (χ0v) is 11.6. The number of hydrogen-bond acceptors (Lipinski definition) is 2. The van der Waals surface area contributed by atoms with Crippen LogP contribution in [0, 0.1) is 5.92 Å². The first-order chi connectivity index (χ1) is 8.78. The van der Waals surface area contributed by atoms with Gasteiger partial charge in [0.25, 0.3) is 0 Å². The van der Waals surface area contributed by atoms with Gasteiger partial charge in [-0.25, -0.2) is 0 Å². The number of hydrogen-bond donors (Lipinski definition) is 1. The molecule has 0 aliphatic heterocycles. The first kappa shape index (κ1) is 13.3. The molecule has 2 heteroatoms. The number of benzene rings is 1. The predicted octanol–water partition coefficient (Wildman–Crippen LogP) is 4.47. The van der Waals surface area contributed by atoms with Gasteiger partial charge in [-0.2, -0.15) is 0 Å². The molecule has 0 amide bonds. The highest BCUT2D eigenvalue weighted by Gasteiger charge is 2.16. The first-order valence-corrected chi connectivity index (χ1v) is 7.28. The molecule has 1 unspecified atom stereocenters. The third-order valence-corrected chi connectivity index (χ3v) is 3.81. The van der Waals surface area contributed by atoms with Gasteiger partial charge in [-0.3, -0.25) is 0 Å². The fraction of sp³-hybridized carbons (Fsp3) is 0.625. The number of nitrogens with one attached hydrogen (secondary N) is 1. The van der Waals surface area contributed by atoms with E-state index in [2.05, 4.69) is 43.4 Å². The molecule has 1 aliphatic carbocycles. The first-order valence-electron chi connectivity index (χ1n) is 7.28. The number of anilines is 1. The van der Waals surface area contributed by atoms with E-state index in [0.717, 1.165) is 18.2 Å². The molecule has 0 aromatic heterocycles. The summed E-state index contributed by atoms with van der Waals surface area (Å²) in [5, 5.41) is 3.46. The van der Waals surface area contributed by atoms with Gasteiger partial charge in [-0.15, -0.1) is 0 Å². The fourth-order valence-corrected chi connectivity index (χ4v) is 2.29. The van der Waals surface area contributed by atoms with Crippen LogP contribution in [0.5, 0.6) is 5.75 Å². The summed E-state index contributed by atoms with van der Waals surface area (Å²) in [4.78, 5) is 0. The SMILES string of the molecule is CCC(C)CNc1ccc(OC2CCCC2)cc1. The lowest BCUT2D eigenvalue weighted by Gasteiger charge is -2.14. The Bertz CT molecular complexity index is 341. The molecule has 1 aromatic carbocycles. The van der Waals surface area contributed by atoms with E-state index in [4.69, 9.17) is 4.74 Å². The Kier molecular flexibility index (Phi) is 4.91. The molecule has 18 heavy (non-hydrogen) atoms. The van der Waals surface area contributed by atoms with Crippen molar-refractivity contribution in [3.8, 4) is 5.75 Å². The molecular formula is C16H25NO. The van der Waals surface area contributed by atoms with Crippen molar-refractivity contribution in [1.29, 1.82) is 0 Å². The molecule has 0 heterocycles. The molecule has 0 spiro atoms. The van der Waals surface area contributed by atoms with Crippen molar-refractivity contribution in [2.75, 3.05) is 11.9 Å². The van der Waals surface area contributed by atoms with E-state index in [1.54, 1.807) is 0 Å². The normalized spacial score (nSPS) is 17.7. The third-order valence-electron chi connectivity index (χ3n) is 3.81. The zero-order valence-electron chi connectivity index (χ0n) is 11.6. The summed E-state index contributed by atoms with van der Waals surface area (Å²) in [5.41, 5.74) is 1.19. The zero-order chi connectivity index (χ0) is 12.8. The minimum atomic E-state index is 0.448. The summed E-state index contributed by atoms with van der Waals surface area (Å²) < 4.78 is 5.95. The Morgan fingerprint density at radius 3 is 2.50 bits per heavy atom. The molecule has 2 rings (SSSR count). The van der Waals surface area contributed by atoms with Crippen LogP contribution in [0.2, 0.25) is 0 Å². The van der Waals surface area contributed by atoms with Crippen LogP contribution in [0.15, 0.2) is 24.3 Å². The highest BCUT2D eigenvalue weighted by molar-refractivity contribution is 5.46. The van der Waals surface area contributed by atoms with Crippen molar-refractivity contribution in [3.05, 3.63) is 24.3 Å². The Labute approximate surface area is 111 Å². The van der Waals surface area contributed by atoms with Crippen LogP contribution in [-0.2, 0) is 0 Å². The second-order valence-corrected chi connectivity index (χ2v) is 5.44. The van der Waals surface area contributed by atoms with Gasteiger partial charge in [0.2, 0.25) is 0 Å². The van der Waals surface area contributed by atoms with Crippen LogP contribution in [-0.4, -0.2) is 12.6 Å². The summed E-state index contributed by atoms with van der Waals surface area (Å²) in [6, 6.07) is 8.40. The maximum absolute atomic E-state index is 5.95. The van der Waals surface area contributed by atoms with E-state index >= 15 is 0 Å². The summed E-state index contributed by atoms with van der Waals surface area (Å²) in [5.74, 6) is 1.73. The Balaban J connectivity index is 1.81. The quantitative estimate of drug-likeness (QED) is 0.801. The largest absolute Gasteiger partial charge is 0.490 e. The molecule has 1 aliphatic rings. The van der Waals surface area contributed by atoms with Gasteiger partial charge in [0, 0.05) is 12.2 Å². The monoisotopic (exact) mass is 247 g/mol. The minimum absolute atomic E-state index is 0.448. The van der Waals surface area contributed by atoms with Crippen LogP contribution in [0.1, 0.15) is 46.0 Å². The second-order valence-electron chi connectivity index (χ2n) is 5.44. The molecule has 2 nitrogen and oxygen atoms in total. The predicted molar refractivity (Wildman–Crippen MR) is 77.3 cm³/mol. The Morgan fingerprint density at radius 1 is 1.22 bits per heavy atom. The Morgan fingerprint density at radius 2 is 1.89 bits per heavy atom. The van der Waals surface area contributed by atoms with Crippen molar-refractivity contribution >= 4 is 5.69 Å². The summed E-state index contributed by atoms with van der Waals surface area (Å²) in [6.45, 7) is 5.54. The van der Waals surface area contributed by atoms with Crippen LogP contribution >= 0.6 is 0 Å². The van der Waals surface area contributed by atoms with Crippen molar-refractivity contribution in [1.82, 2.24) is 0 Å². The lowest BCUT2D eigenvalue weighted by atomic mass is 10.1. The van der Waals surface area contributed by atoms with Gasteiger partial charge in [-0.05, 0) is 55.9 Å². The lowest BCUT2D eigenvalue weighted by Crippen LogP contribution is -2.11. The maximum atomic E-state index is 5.95. The van der Waals surface area contributed by atoms with Crippen LogP contribution in [0.4, 0.5) is 5.69 Å². The molecular weight excluding hydrogens is 222 g/mol. The van der Waals surface area contributed by atoms with Gasteiger partial charge in [-0.1, -0.05) is 20.3 Å². The molecule has 1 saturated carbocycles. The smallest absolute Gasteiger partial charge is 0.119 e. The fourth-order valence-electron chi connectivity index (χ4n) is 2.29. The van der Waals surface area contributed by atoms with Crippen molar-refractivity contribution in [3.63, 3.8) is 0 Å². The van der Waals surface area contributed by atoms with Crippen molar-refractivity contribution < 1.29 is 4.74 Å². The molecule has 1 N–H and O–H groups in total. The molecule has 0 bridgehead atoms. The van der Waals surface area contributed by atoms with Gasteiger partial charge >= 0.3 is 0 Å². The van der Waals surface area contributed by atoms with E-state index in [1.807, 2.05) is 0 Å². The standard InChI is InChI=1S/C16H25NO/c1-3-13(2)12-17-14-8-10-16(11-9-14)18-15-6-4-5-7-15/h8-11,13,15,17H,3-7,12H2,1-2H3. The van der Waals surface area contributed by atoms with E-state index in [9.17, 15) is 0 Å². The summed E-state index contributed by atoms with van der Waals surface area (Å²) in [6.07, 6.45) is 6.74. The average Bonchev–Trinajstić information content (AvgIpc) is 2.90. The highest BCUT2D eigenvalue weighted by Crippen LogP contribution is 2.25. The molecule has 0 saturated heterocycles. The minimum Gasteiger partial charge on any atom is -0.490 e. The molecule has 1 fully saturated rings. The summed E-state index contributed by atoms with van der Waals surface area (Å²) in [7, 11) is 0. The number of rotatable bonds is 6. The van der Waals surface area contributed by atoms with Crippen molar-refractivity contribution in [2.24, 2.45) is 5.92 Å². The molecule has 0 radical (unpaired) electrons. The molecule has 1 aromatic rings. The van der Waals surface area contributed by atoms with Gasteiger partial charge in [0.1, 0.15) is 5.75 Å². The Hall–Kier alpha value is -1.18. The van der Waals surface area contributed by atoms with Crippen LogP contribution in [0.25, 0.3) is 0 Å². The lowest BCUT2D eigenvalue weighted by molar-refractivity contribution is 0.210. The van der Waals surface area contributed by atoms with E-state index in [0.29, 0.717) is 6.10 Å². The van der Waals surface area contributed by atoms with E-state index in [1.165, 1.54) is 37.8 Å². The maximum Gasteiger partial charge on any atom is 0.119 e. The van der Waals surface area contributed by atoms with Gasteiger partial charge < -0.3 is 10.1 Å². The topological polar surface area (TPSA) is 21.3 Å².